The van der Waals surface area contributed by atoms with Crippen LogP contribution in [0, 0.1) is 5.92 Å². The van der Waals surface area contributed by atoms with Crippen molar-refractivity contribution in [3.05, 3.63) is 12.2 Å². The van der Waals surface area contributed by atoms with Crippen LogP contribution >= 0.6 is 0 Å². The molecule has 14 heavy (non-hydrogen) atoms. The first-order valence-corrected chi connectivity index (χ1v) is 4.81. The number of rotatable bonds is 5. The highest BCUT2D eigenvalue weighted by atomic mass is 19.4. The number of aliphatic hydroxyl groups excluding tert-OH is 1. The summed E-state index contributed by atoms with van der Waals surface area (Å²) in [6, 6.07) is 0. The molecular weight excluding hydrogens is 193 g/mol. The highest BCUT2D eigenvalue weighted by Crippen LogP contribution is 2.26. The van der Waals surface area contributed by atoms with E-state index in [1.54, 1.807) is 6.08 Å². The van der Waals surface area contributed by atoms with Gasteiger partial charge in [0, 0.05) is 5.92 Å². The molecule has 0 amide bonds. The molecule has 2 unspecified atom stereocenters. The van der Waals surface area contributed by atoms with Crippen molar-refractivity contribution in [2.24, 2.45) is 5.92 Å². The maximum atomic E-state index is 12.0. The highest BCUT2D eigenvalue weighted by molar-refractivity contribution is 4.91. The summed E-state index contributed by atoms with van der Waals surface area (Å²) in [6.07, 6.45) is -0.900. The zero-order valence-electron chi connectivity index (χ0n) is 8.51. The summed E-state index contributed by atoms with van der Waals surface area (Å²) >= 11 is 0. The molecule has 0 aromatic rings. The quantitative estimate of drug-likeness (QED) is 0.545. The Morgan fingerprint density at radius 1 is 1.36 bits per heavy atom. The second-order valence-electron chi connectivity index (χ2n) is 3.42. The molecule has 0 saturated carbocycles. The summed E-state index contributed by atoms with van der Waals surface area (Å²) in [5, 5.41) is 8.83. The predicted octanol–water partition coefficient (Wildman–Crippen LogP) is 3.29. The summed E-state index contributed by atoms with van der Waals surface area (Å²) in [5.41, 5.74) is 0. The number of hydrogen-bond acceptors (Lipinski definition) is 1. The van der Waals surface area contributed by atoms with Gasteiger partial charge in [0.1, 0.15) is 0 Å². The predicted molar refractivity (Wildman–Crippen MR) is 49.9 cm³/mol. The van der Waals surface area contributed by atoms with Crippen molar-refractivity contribution < 1.29 is 18.3 Å². The molecule has 0 fully saturated rings. The van der Waals surface area contributed by atoms with E-state index in [9.17, 15) is 13.2 Å². The van der Waals surface area contributed by atoms with Gasteiger partial charge in [0.25, 0.3) is 0 Å². The average molecular weight is 210 g/mol. The fourth-order valence-electron chi connectivity index (χ4n) is 1.04. The van der Waals surface area contributed by atoms with Crippen LogP contribution in [0.1, 0.15) is 33.1 Å². The fourth-order valence-corrected chi connectivity index (χ4v) is 1.04. The van der Waals surface area contributed by atoms with Crippen molar-refractivity contribution in [1.29, 1.82) is 0 Å². The third-order valence-electron chi connectivity index (χ3n) is 2.00. The monoisotopic (exact) mass is 210 g/mol. The molecular formula is C10H17F3O. The molecule has 0 rings (SSSR count). The Morgan fingerprint density at radius 2 is 1.93 bits per heavy atom. The second kappa shape index (κ2) is 6.06. The van der Waals surface area contributed by atoms with E-state index in [1.165, 1.54) is 13.0 Å². The van der Waals surface area contributed by atoms with E-state index in [1.807, 2.05) is 6.92 Å². The Balaban J connectivity index is 3.95. The van der Waals surface area contributed by atoms with Crippen molar-refractivity contribution in [3.8, 4) is 0 Å². The minimum atomic E-state index is -4.52. The van der Waals surface area contributed by atoms with E-state index in [0.717, 1.165) is 19.3 Å². The molecule has 0 saturated heterocycles. The largest absolute Gasteiger partial charge is 0.414 e. The lowest BCUT2D eigenvalue weighted by atomic mass is 10.0. The van der Waals surface area contributed by atoms with Gasteiger partial charge in [0.05, 0.1) is 0 Å². The van der Waals surface area contributed by atoms with Crippen LogP contribution < -0.4 is 0 Å². The van der Waals surface area contributed by atoms with E-state index in [-0.39, 0.29) is 0 Å². The number of hydrogen-bond donors (Lipinski definition) is 1. The molecule has 2 atom stereocenters. The van der Waals surface area contributed by atoms with Crippen LogP contribution in [0.25, 0.3) is 0 Å². The Bertz CT molecular complexity index is 175. The van der Waals surface area contributed by atoms with Gasteiger partial charge in [-0.3, -0.25) is 0 Å². The molecule has 0 heterocycles. The van der Waals surface area contributed by atoms with E-state index in [0.29, 0.717) is 0 Å². The zero-order chi connectivity index (χ0) is 11.2. The van der Waals surface area contributed by atoms with E-state index in [2.05, 4.69) is 0 Å². The molecule has 1 N–H and O–H groups in total. The Hall–Kier alpha value is -0.510. The van der Waals surface area contributed by atoms with Crippen molar-refractivity contribution in [3.63, 3.8) is 0 Å². The average Bonchev–Trinajstić information content (AvgIpc) is 2.09. The van der Waals surface area contributed by atoms with Gasteiger partial charge in [0.2, 0.25) is 0 Å². The van der Waals surface area contributed by atoms with E-state index < -0.39 is 18.2 Å². The van der Waals surface area contributed by atoms with Gasteiger partial charge in [-0.1, -0.05) is 38.8 Å². The first-order chi connectivity index (χ1) is 6.39. The second-order valence-corrected chi connectivity index (χ2v) is 3.42. The van der Waals surface area contributed by atoms with Crippen LogP contribution in [0.4, 0.5) is 13.2 Å². The summed E-state index contributed by atoms with van der Waals surface area (Å²) in [6.45, 7) is 3.38. The molecule has 0 bridgehead atoms. The molecule has 0 aliphatic carbocycles. The van der Waals surface area contributed by atoms with Gasteiger partial charge < -0.3 is 5.11 Å². The maximum absolute atomic E-state index is 12.0. The Kier molecular flexibility index (Phi) is 5.84. The van der Waals surface area contributed by atoms with Gasteiger partial charge in [-0.2, -0.15) is 13.2 Å². The topological polar surface area (TPSA) is 20.2 Å². The summed E-state index contributed by atoms with van der Waals surface area (Å²) in [5.74, 6) is -0.869. The summed E-state index contributed by atoms with van der Waals surface area (Å²) in [7, 11) is 0. The number of alkyl halides is 3. The molecule has 84 valence electrons. The van der Waals surface area contributed by atoms with Crippen LogP contribution in [0.2, 0.25) is 0 Å². The van der Waals surface area contributed by atoms with Gasteiger partial charge in [-0.25, -0.2) is 0 Å². The van der Waals surface area contributed by atoms with Gasteiger partial charge >= 0.3 is 6.18 Å². The zero-order valence-corrected chi connectivity index (χ0v) is 8.51. The number of allylic oxidation sites excluding steroid dienone is 1. The molecule has 0 aliphatic rings. The van der Waals surface area contributed by atoms with Crippen molar-refractivity contribution in [2.75, 3.05) is 0 Å². The van der Waals surface area contributed by atoms with Crippen LogP contribution in [-0.4, -0.2) is 17.4 Å². The van der Waals surface area contributed by atoms with Crippen molar-refractivity contribution >= 4 is 0 Å². The number of aliphatic hydroxyl groups is 1. The number of unbranched alkanes of at least 4 members (excludes halogenated alkanes) is 2. The van der Waals surface area contributed by atoms with Crippen LogP contribution in [0.15, 0.2) is 12.2 Å². The lowest BCUT2D eigenvalue weighted by Crippen LogP contribution is -2.33. The fraction of sp³-hybridized carbons (Fsp3) is 0.800. The van der Waals surface area contributed by atoms with E-state index in [4.69, 9.17) is 5.11 Å². The first kappa shape index (κ1) is 13.5. The van der Waals surface area contributed by atoms with E-state index >= 15 is 0 Å². The Morgan fingerprint density at radius 3 is 2.36 bits per heavy atom. The number of halogens is 3. The minimum Gasteiger partial charge on any atom is -0.383 e. The van der Waals surface area contributed by atoms with Crippen LogP contribution in [-0.2, 0) is 0 Å². The van der Waals surface area contributed by atoms with Crippen LogP contribution in [0.3, 0.4) is 0 Å². The molecule has 0 radical (unpaired) electrons. The normalized spacial score (nSPS) is 17.3. The minimum absolute atomic E-state index is 0.769. The molecule has 1 nitrogen and oxygen atoms in total. The SMILES string of the molecule is CCCC/C=C/C(C)C(O)C(F)(F)F. The molecule has 0 aromatic heterocycles. The Labute approximate surface area is 82.6 Å². The van der Waals surface area contributed by atoms with Gasteiger partial charge in [-0.15, -0.1) is 0 Å². The smallest absolute Gasteiger partial charge is 0.383 e. The molecule has 0 aromatic carbocycles. The maximum Gasteiger partial charge on any atom is 0.414 e. The standard InChI is InChI=1S/C10H17F3O/c1-3-4-5-6-7-8(2)9(14)10(11,12)13/h6-9,14H,3-5H2,1-2H3/b7-6+. The first-order valence-electron chi connectivity index (χ1n) is 4.81. The third-order valence-corrected chi connectivity index (χ3v) is 2.00. The van der Waals surface area contributed by atoms with Crippen LogP contribution in [0.5, 0.6) is 0 Å². The third kappa shape index (κ3) is 5.27. The lowest BCUT2D eigenvalue weighted by molar-refractivity contribution is -0.213. The lowest BCUT2D eigenvalue weighted by Gasteiger charge is -2.18. The molecule has 0 aliphatic heterocycles. The summed E-state index contributed by atoms with van der Waals surface area (Å²) < 4.78 is 36.0. The van der Waals surface area contributed by atoms with Gasteiger partial charge in [0.15, 0.2) is 6.10 Å². The van der Waals surface area contributed by atoms with Gasteiger partial charge in [-0.05, 0) is 6.42 Å². The molecule has 0 spiro atoms. The van der Waals surface area contributed by atoms with Crippen molar-refractivity contribution in [2.45, 2.75) is 45.4 Å². The molecule has 4 heteroatoms. The summed E-state index contributed by atoms with van der Waals surface area (Å²) in [4.78, 5) is 0. The van der Waals surface area contributed by atoms with Crippen molar-refractivity contribution in [1.82, 2.24) is 0 Å². The highest BCUT2D eigenvalue weighted by Gasteiger charge is 2.40.